The van der Waals surface area contributed by atoms with Crippen molar-refractivity contribution < 1.29 is 4.39 Å². The van der Waals surface area contributed by atoms with Gasteiger partial charge in [0.1, 0.15) is 5.82 Å². The fourth-order valence-electron chi connectivity index (χ4n) is 3.02. The van der Waals surface area contributed by atoms with E-state index in [9.17, 15) is 4.39 Å². The minimum Gasteiger partial charge on any atom is -0.270 e. The average Bonchev–Trinajstić information content (AvgIpc) is 3.17. The highest BCUT2D eigenvalue weighted by molar-refractivity contribution is 7.98. The van der Waals surface area contributed by atoms with Crippen molar-refractivity contribution in [3.8, 4) is 17.1 Å². The van der Waals surface area contributed by atoms with E-state index in [2.05, 4.69) is 53.3 Å². The predicted octanol–water partition coefficient (Wildman–Crippen LogP) is 5.88. The predicted molar refractivity (Wildman–Crippen MR) is 115 cm³/mol. The third-order valence-electron chi connectivity index (χ3n) is 4.67. The van der Waals surface area contributed by atoms with Crippen LogP contribution in [-0.2, 0) is 5.75 Å². The molecule has 0 aliphatic carbocycles. The third-order valence-corrected chi connectivity index (χ3v) is 5.67. The molecule has 29 heavy (non-hydrogen) atoms. The number of benzene rings is 2. The Labute approximate surface area is 173 Å². The van der Waals surface area contributed by atoms with Gasteiger partial charge in [-0.15, -0.1) is 10.2 Å². The van der Waals surface area contributed by atoms with Crippen LogP contribution in [0.2, 0.25) is 0 Å². The van der Waals surface area contributed by atoms with Crippen LogP contribution >= 0.6 is 11.8 Å². The van der Waals surface area contributed by atoms with Crippen molar-refractivity contribution in [1.82, 2.24) is 19.7 Å². The number of hydrogen-bond acceptors (Lipinski definition) is 4. The van der Waals surface area contributed by atoms with Crippen LogP contribution in [0.15, 0.2) is 78.2 Å². The van der Waals surface area contributed by atoms with Crippen LogP contribution in [0.5, 0.6) is 0 Å². The fourth-order valence-corrected chi connectivity index (χ4v) is 3.93. The van der Waals surface area contributed by atoms with Crippen molar-refractivity contribution >= 4 is 11.8 Å². The first kappa shape index (κ1) is 19.3. The zero-order valence-electron chi connectivity index (χ0n) is 16.3. The van der Waals surface area contributed by atoms with Gasteiger partial charge in [-0.05, 0) is 53.4 Å². The summed E-state index contributed by atoms with van der Waals surface area (Å²) in [6.45, 7) is 4.38. The molecule has 0 amide bonds. The molecule has 0 saturated carbocycles. The van der Waals surface area contributed by atoms with Gasteiger partial charge in [0.25, 0.3) is 0 Å². The molecular weight excluding hydrogens is 383 g/mol. The smallest absolute Gasteiger partial charge is 0.196 e. The van der Waals surface area contributed by atoms with Crippen LogP contribution in [0.3, 0.4) is 0 Å². The van der Waals surface area contributed by atoms with Gasteiger partial charge in [0.15, 0.2) is 11.0 Å². The second-order valence-corrected chi connectivity index (χ2v) is 7.98. The molecule has 4 nitrogen and oxygen atoms in total. The molecule has 2 aromatic heterocycles. The normalized spacial score (nSPS) is 11.2. The van der Waals surface area contributed by atoms with Crippen LogP contribution in [-0.4, -0.2) is 19.7 Å². The van der Waals surface area contributed by atoms with Gasteiger partial charge >= 0.3 is 0 Å². The Hall–Kier alpha value is -2.99. The number of rotatable bonds is 6. The molecule has 0 aliphatic heterocycles. The number of thioether (sulfide) groups is 1. The molecule has 2 aromatic carbocycles. The van der Waals surface area contributed by atoms with E-state index in [0.717, 1.165) is 22.2 Å². The molecule has 4 rings (SSSR count). The summed E-state index contributed by atoms with van der Waals surface area (Å²) in [5.74, 6) is 1.72. The summed E-state index contributed by atoms with van der Waals surface area (Å²) >= 11 is 1.61. The zero-order chi connectivity index (χ0) is 20.2. The summed E-state index contributed by atoms with van der Waals surface area (Å²) in [4.78, 5) is 4.07. The molecule has 4 aromatic rings. The Morgan fingerprint density at radius 3 is 2.24 bits per heavy atom. The lowest BCUT2D eigenvalue weighted by Crippen LogP contribution is -2.00. The van der Waals surface area contributed by atoms with Gasteiger partial charge in [-0.25, -0.2) is 4.39 Å². The Bertz CT molecular complexity index is 1070. The first-order chi connectivity index (χ1) is 14.1. The molecule has 146 valence electrons. The third kappa shape index (κ3) is 4.38. The van der Waals surface area contributed by atoms with Crippen LogP contribution in [0.1, 0.15) is 30.9 Å². The van der Waals surface area contributed by atoms with Gasteiger partial charge in [-0.3, -0.25) is 9.55 Å². The van der Waals surface area contributed by atoms with Crippen molar-refractivity contribution in [3.63, 3.8) is 0 Å². The van der Waals surface area contributed by atoms with E-state index in [0.29, 0.717) is 11.7 Å². The monoisotopic (exact) mass is 404 g/mol. The first-order valence-corrected chi connectivity index (χ1v) is 10.4. The Balaban J connectivity index is 1.66. The zero-order valence-corrected chi connectivity index (χ0v) is 17.1. The number of pyridine rings is 1. The number of aromatic nitrogens is 4. The molecule has 0 spiro atoms. The van der Waals surface area contributed by atoms with Gasteiger partial charge in [0.2, 0.25) is 0 Å². The van der Waals surface area contributed by atoms with E-state index < -0.39 is 0 Å². The Morgan fingerprint density at radius 1 is 0.897 bits per heavy atom. The lowest BCUT2D eigenvalue weighted by Gasteiger charge is -2.11. The van der Waals surface area contributed by atoms with Gasteiger partial charge in [0, 0.05) is 29.4 Å². The van der Waals surface area contributed by atoms with Gasteiger partial charge in [-0.2, -0.15) is 0 Å². The van der Waals surface area contributed by atoms with Crippen molar-refractivity contribution in [2.75, 3.05) is 0 Å². The highest BCUT2D eigenvalue weighted by Crippen LogP contribution is 2.30. The van der Waals surface area contributed by atoms with Gasteiger partial charge in [0.05, 0.1) is 0 Å². The molecule has 0 aliphatic rings. The first-order valence-electron chi connectivity index (χ1n) is 9.45. The molecule has 0 saturated heterocycles. The maximum Gasteiger partial charge on any atom is 0.196 e. The molecule has 0 atom stereocenters. The quantitative estimate of drug-likeness (QED) is 0.376. The van der Waals surface area contributed by atoms with Crippen LogP contribution in [0.25, 0.3) is 17.1 Å². The van der Waals surface area contributed by atoms with Crippen molar-refractivity contribution in [2.45, 2.75) is 30.7 Å². The summed E-state index contributed by atoms with van der Waals surface area (Å²) in [7, 11) is 0. The minimum atomic E-state index is -0.272. The second kappa shape index (κ2) is 8.57. The Morgan fingerprint density at radius 2 is 1.59 bits per heavy atom. The number of hydrogen-bond donors (Lipinski definition) is 0. The van der Waals surface area contributed by atoms with E-state index in [1.54, 1.807) is 36.3 Å². The van der Waals surface area contributed by atoms with Crippen LogP contribution in [0.4, 0.5) is 4.39 Å². The van der Waals surface area contributed by atoms with Crippen molar-refractivity contribution in [2.24, 2.45) is 0 Å². The van der Waals surface area contributed by atoms with Gasteiger partial charge in [-0.1, -0.05) is 49.9 Å². The largest absolute Gasteiger partial charge is 0.270 e. The van der Waals surface area contributed by atoms with E-state index in [1.165, 1.54) is 23.3 Å². The summed E-state index contributed by atoms with van der Waals surface area (Å²) in [5.41, 5.74) is 4.28. The second-order valence-electron chi connectivity index (χ2n) is 7.04. The van der Waals surface area contributed by atoms with E-state index in [1.807, 2.05) is 16.7 Å². The summed E-state index contributed by atoms with van der Waals surface area (Å²) in [6, 6.07) is 18.8. The minimum absolute atomic E-state index is 0.272. The van der Waals surface area contributed by atoms with Crippen LogP contribution in [0, 0.1) is 5.82 Å². The standard InChI is InChI=1S/C23H21FN4S/c1-16(2)18-5-3-17(4-6-18)15-29-23-27-26-22(19-11-13-25-14-12-19)28(23)21-9-7-20(24)8-10-21/h3-14,16H,15H2,1-2H3. The van der Waals surface area contributed by atoms with Crippen LogP contribution < -0.4 is 0 Å². The lowest BCUT2D eigenvalue weighted by molar-refractivity contribution is 0.627. The molecule has 0 bridgehead atoms. The Kier molecular flexibility index (Phi) is 5.71. The van der Waals surface area contributed by atoms with Crippen molar-refractivity contribution in [3.05, 3.63) is 90.0 Å². The van der Waals surface area contributed by atoms with E-state index >= 15 is 0 Å². The molecular formula is C23H21FN4S. The highest BCUT2D eigenvalue weighted by Gasteiger charge is 2.16. The molecule has 0 radical (unpaired) electrons. The maximum atomic E-state index is 13.5. The average molecular weight is 405 g/mol. The lowest BCUT2D eigenvalue weighted by atomic mass is 10.0. The summed E-state index contributed by atoms with van der Waals surface area (Å²) in [5, 5.41) is 9.58. The van der Waals surface area contributed by atoms with E-state index in [4.69, 9.17) is 0 Å². The SMILES string of the molecule is CC(C)c1ccc(CSc2nnc(-c3ccncc3)n2-c2ccc(F)cc2)cc1. The van der Waals surface area contributed by atoms with Gasteiger partial charge < -0.3 is 0 Å². The highest BCUT2D eigenvalue weighted by atomic mass is 32.2. The fraction of sp³-hybridized carbons (Fsp3) is 0.174. The summed E-state index contributed by atoms with van der Waals surface area (Å²) in [6.07, 6.45) is 3.45. The summed E-state index contributed by atoms with van der Waals surface area (Å²) < 4.78 is 15.4. The van der Waals surface area contributed by atoms with E-state index in [-0.39, 0.29) is 5.82 Å². The molecule has 0 N–H and O–H groups in total. The number of halogens is 1. The topological polar surface area (TPSA) is 43.6 Å². The molecule has 6 heteroatoms. The van der Waals surface area contributed by atoms with Crippen molar-refractivity contribution in [1.29, 1.82) is 0 Å². The molecule has 2 heterocycles. The molecule has 0 unspecified atom stereocenters. The number of nitrogens with zero attached hydrogens (tertiary/aromatic N) is 4. The molecule has 0 fully saturated rings. The maximum absolute atomic E-state index is 13.5.